The minimum atomic E-state index is -0.439. The zero-order valence-corrected chi connectivity index (χ0v) is 20.3. The average molecular weight is 482 g/mol. The molecule has 0 fully saturated rings. The molecule has 1 aliphatic rings. The van der Waals surface area contributed by atoms with Crippen LogP contribution in [0.3, 0.4) is 0 Å². The first-order valence-corrected chi connectivity index (χ1v) is 11.0. The minimum absolute atomic E-state index is 0.208. The van der Waals surface area contributed by atoms with Crippen molar-refractivity contribution < 1.29 is 33.2 Å². The number of carbonyl (C=O) groups is 1. The van der Waals surface area contributed by atoms with Gasteiger partial charge in [-0.3, -0.25) is 0 Å². The Hall–Kier alpha value is -4.21. The van der Waals surface area contributed by atoms with Gasteiger partial charge in [0.1, 0.15) is 11.3 Å². The van der Waals surface area contributed by atoms with Gasteiger partial charge in [0.25, 0.3) is 0 Å². The average Bonchev–Trinajstić information content (AvgIpc) is 3.34. The van der Waals surface area contributed by atoms with Crippen molar-refractivity contribution in [2.24, 2.45) is 0 Å². The lowest BCUT2D eigenvalue weighted by atomic mass is 10.1. The highest BCUT2D eigenvalue weighted by molar-refractivity contribution is 5.98. The van der Waals surface area contributed by atoms with Crippen molar-refractivity contribution in [3.05, 3.63) is 41.2 Å². The Morgan fingerprint density at radius 2 is 1.83 bits per heavy atom. The Bertz CT molecular complexity index is 1290. The van der Waals surface area contributed by atoms with Gasteiger partial charge in [0.2, 0.25) is 12.5 Å². The van der Waals surface area contributed by atoms with Crippen LogP contribution in [-0.2, 0) is 16.1 Å². The zero-order chi connectivity index (χ0) is 24.9. The van der Waals surface area contributed by atoms with E-state index in [4.69, 9.17) is 28.4 Å². The van der Waals surface area contributed by atoms with E-state index < -0.39 is 5.97 Å². The fourth-order valence-corrected chi connectivity index (χ4v) is 3.68. The van der Waals surface area contributed by atoms with Gasteiger partial charge in [-0.15, -0.1) is 0 Å². The lowest BCUT2D eigenvalue weighted by Gasteiger charge is -2.17. The van der Waals surface area contributed by atoms with E-state index in [1.807, 2.05) is 18.2 Å². The highest BCUT2D eigenvalue weighted by atomic mass is 16.7. The highest BCUT2D eigenvalue weighted by Gasteiger charge is 2.21. The summed E-state index contributed by atoms with van der Waals surface area (Å²) in [4.78, 5) is 21.5. The normalized spacial score (nSPS) is 12.4. The molecule has 0 saturated carbocycles. The van der Waals surface area contributed by atoms with E-state index in [1.165, 1.54) is 14.2 Å². The Labute approximate surface area is 202 Å². The number of methoxy groups -OCH3 is 3. The van der Waals surface area contributed by atoms with Gasteiger partial charge in [0.05, 0.1) is 33.3 Å². The van der Waals surface area contributed by atoms with Crippen LogP contribution in [0.2, 0.25) is 0 Å². The molecule has 35 heavy (non-hydrogen) atoms. The summed E-state index contributed by atoms with van der Waals surface area (Å²) in [6.07, 6.45) is 1.57. The number of nitrogens with zero attached hydrogens (tertiary/aromatic N) is 2. The molecule has 1 aliphatic heterocycles. The molecule has 1 N–H and O–H groups in total. The molecular formula is C25H27N3O7. The molecular weight excluding hydrogens is 454 g/mol. The summed E-state index contributed by atoms with van der Waals surface area (Å²) in [5.41, 5.74) is 1.83. The summed E-state index contributed by atoms with van der Waals surface area (Å²) in [5, 5.41) is 4.02. The predicted molar refractivity (Wildman–Crippen MR) is 129 cm³/mol. The van der Waals surface area contributed by atoms with E-state index in [0.29, 0.717) is 63.4 Å². The van der Waals surface area contributed by atoms with Gasteiger partial charge < -0.3 is 33.7 Å². The lowest BCUT2D eigenvalue weighted by molar-refractivity contribution is -0.138. The third-order valence-corrected chi connectivity index (χ3v) is 5.35. The Kier molecular flexibility index (Phi) is 7.09. The first-order valence-electron chi connectivity index (χ1n) is 11.0. The minimum Gasteiger partial charge on any atom is -0.493 e. The van der Waals surface area contributed by atoms with Gasteiger partial charge in [-0.2, -0.15) is 0 Å². The van der Waals surface area contributed by atoms with E-state index in [1.54, 1.807) is 33.1 Å². The van der Waals surface area contributed by atoms with E-state index in [-0.39, 0.29) is 13.4 Å². The maximum Gasteiger partial charge on any atom is 0.333 e. The monoisotopic (exact) mass is 481 g/mol. The number of nitrogens with one attached hydrogen (secondary N) is 1. The van der Waals surface area contributed by atoms with Crippen LogP contribution in [0.15, 0.2) is 29.8 Å². The molecule has 0 aliphatic carbocycles. The smallest absolute Gasteiger partial charge is 0.333 e. The molecule has 0 saturated heterocycles. The number of ether oxygens (including phenoxy) is 6. The van der Waals surface area contributed by atoms with E-state index in [2.05, 4.69) is 15.3 Å². The number of anilines is 1. The Morgan fingerprint density at radius 3 is 2.54 bits per heavy atom. The SMILES string of the molecule is CCOC(=O)/C(C)=C/c1nc(NCc2ccc3c(c2)OCO3)c2cc(OC)c(OC)c(OC)c2n1. The first kappa shape index (κ1) is 23.9. The van der Waals surface area contributed by atoms with Crippen LogP contribution in [0.1, 0.15) is 25.2 Å². The van der Waals surface area contributed by atoms with Crippen LogP contribution in [0.25, 0.3) is 17.0 Å². The maximum absolute atomic E-state index is 12.2. The van der Waals surface area contributed by atoms with Crippen LogP contribution in [-0.4, -0.2) is 50.7 Å². The second-order valence-corrected chi connectivity index (χ2v) is 7.56. The van der Waals surface area contributed by atoms with Crippen molar-refractivity contribution in [2.45, 2.75) is 20.4 Å². The molecule has 184 valence electrons. The molecule has 3 aromatic rings. The third-order valence-electron chi connectivity index (χ3n) is 5.35. The quantitative estimate of drug-likeness (QED) is 0.356. The Balaban J connectivity index is 1.81. The number of hydrogen-bond donors (Lipinski definition) is 1. The summed E-state index contributed by atoms with van der Waals surface area (Å²) in [6, 6.07) is 7.50. The van der Waals surface area contributed by atoms with Gasteiger partial charge in [0, 0.05) is 12.1 Å². The molecule has 0 unspecified atom stereocenters. The summed E-state index contributed by atoms with van der Waals surface area (Å²) in [5.74, 6) is 3.06. The van der Waals surface area contributed by atoms with Crippen LogP contribution in [0.5, 0.6) is 28.7 Å². The largest absolute Gasteiger partial charge is 0.493 e. The van der Waals surface area contributed by atoms with E-state index in [9.17, 15) is 4.79 Å². The van der Waals surface area contributed by atoms with Crippen LogP contribution >= 0.6 is 0 Å². The molecule has 0 bridgehead atoms. The molecule has 1 aromatic heterocycles. The molecule has 0 spiro atoms. The van der Waals surface area contributed by atoms with Gasteiger partial charge in [-0.1, -0.05) is 6.07 Å². The number of aromatic nitrogens is 2. The summed E-state index contributed by atoms with van der Waals surface area (Å²) in [7, 11) is 4.60. The second-order valence-electron chi connectivity index (χ2n) is 7.56. The summed E-state index contributed by atoms with van der Waals surface area (Å²) in [6.45, 7) is 4.33. The summed E-state index contributed by atoms with van der Waals surface area (Å²) >= 11 is 0. The molecule has 10 heteroatoms. The topological polar surface area (TPSA) is 110 Å². The van der Waals surface area contributed by atoms with Crippen molar-refractivity contribution in [1.29, 1.82) is 0 Å². The molecule has 0 radical (unpaired) electrons. The number of hydrogen-bond acceptors (Lipinski definition) is 10. The van der Waals surface area contributed by atoms with E-state index >= 15 is 0 Å². The maximum atomic E-state index is 12.2. The van der Waals surface area contributed by atoms with Crippen LogP contribution in [0.4, 0.5) is 5.82 Å². The van der Waals surface area contributed by atoms with Crippen molar-refractivity contribution >= 4 is 28.8 Å². The number of fused-ring (bicyclic) bond motifs is 2. The molecule has 2 heterocycles. The highest BCUT2D eigenvalue weighted by Crippen LogP contribution is 2.44. The van der Waals surface area contributed by atoms with E-state index in [0.717, 1.165) is 5.56 Å². The number of esters is 1. The fraction of sp³-hybridized carbons (Fsp3) is 0.320. The summed E-state index contributed by atoms with van der Waals surface area (Å²) < 4.78 is 32.6. The molecule has 0 atom stereocenters. The van der Waals surface area contributed by atoms with Crippen molar-refractivity contribution in [3.8, 4) is 28.7 Å². The molecule has 0 amide bonds. The van der Waals surface area contributed by atoms with Crippen molar-refractivity contribution in [1.82, 2.24) is 9.97 Å². The van der Waals surface area contributed by atoms with Crippen LogP contribution in [0, 0.1) is 0 Å². The van der Waals surface area contributed by atoms with Gasteiger partial charge in [0.15, 0.2) is 28.8 Å². The van der Waals surface area contributed by atoms with Crippen molar-refractivity contribution in [3.63, 3.8) is 0 Å². The van der Waals surface area contributed by atoms with Gasteiger partial charge in [-0.05, 0) is 43.7 Å². The van der Waals surface area contributed by atoms with Crippen LogP contribution < -0.4 is 29.0 Å². The Morgan fingerprint density at radius 1 is 1.06 bits per heavy atom. The van der Waals surface area contributed by atoms with Crippen molar-refractivity contribution in [2.75, 3.05) is 40.0 Å². The second kappa shape index (κ2) is 10.4. The number of benzene rings is 2. The predicted octanol–water partition coefficient (Wildman–Crippen LogP) is 3.96. The fourth-order valence-electron chi connectivity index (χ4n) is 3.68. The lowest BCUT2D eigenvalue weighted by Crippen LogP contribution is -2.08. The third kappa shape index (κ3) is 4.86. The number of rotatable bonds is 9. The molecule has 2 aromatic carbocycles. The van der Waals surface area contributed by atoms with Gasteiger partial charge >= 0.3 is 5.97 Å². The standard InChI is InChI=1S/C25H27N3O7/c1-6-33-25(29)14(2)9-20-27-21-16(11-19(30-3)22(31-4)23(21)32-5)24(28-20)26-12-15-7-8-17-18(10-15)35-13-34-17/h7-11H,6,12-13H2,1-5H3,(H,26,27,28)/b14-9+. The van der Waals surface area contributed by atoms with Gasteiger partial charge in [-0.25, -0.2) is 14.8 Å². The first-order chi connectivity index (χ1) is 17.0. The number of carbonyl (C=O) groups excluding carboxylic acids is 1. The zero-order valence-electron chi connectivity index (χ0n) is 20.3. The molecule has 4 rings (SSSR count). The molecule has 10 nitrogen and oxygen atoms in total.